The molecule has 0 saturated carbocycles. The predicted octanol–water partition coefficient (Wildman–Crippen LogP) is 0.293. The van der Waals surface area contributed by atoms with E-state index in [1.54, 1.807) is 26.0 Å². The molecule has 0 fully saturated rings. The predicted molar refractivity (Wildman–Crippen MR) is 61.4 cm³/mol. The van der Waals surface area contributed by atoms with E-state index < -0.39 is 11.5 Å². The van der Waals surface area contributed by atoms with Crippen LogP contribution in [0.1, 0.15) is 19.4 Å². The van der Waals surface area contributed by atoms with Crippen molar-refractivity contribution in [3.05, 3.63) is 29.8 Å². The van der Waals surface area contributed by atoms with Gasteiger partial charge in [0.05, 0.1) is 0 Å². The van der Waals surface area contributed by atoms with Gasteiger partial charge in [0.2, 0.25) is 0 Å². The Morgan fingerprint density at radius 1 is 1.38 bits per heavy atom. The quantitative estimate of drug-likeness (QED) is 0.295. The molecule has 0 amide bonds. The van der Waals surface area contributed by atoms with Crippen molar-refractivity contribution in [3.8, 4) is 5.75 Å². The van der Waals surface area contributed by atoms with Crippen LogP contribution in [0.5, 0.6) is 5.75 Å². The van der Waals surface area contributed by atoms with Gasteiger partial charge in [0.1, 0.15) is 11.3 Å². The molecule has 1 rings (SSSR count). The molecular weight excluding hydrogens is 206 g/mol. The Morgan fingerprint density at radius 3 is 2.38 bits per heavy atom. The maximum atomic E-state index is 11.6. The van der Waals surface area contributed by atoms with E-state index in [9.17, 15) is 4.79 Å². The molecule has 5 heteroatoms. The van der Waals surface area contributed by atoms with E-state index in [-0.39, 0.29) is 0 Å². The summed E-state index contributed by atoms with van der Waals surface area (Å²) in [6.07, 6.45) is 0. The van der Waals surface area contributed by atoms with Gasteiger partial charge in [-0.1, -0.05) is 12.1 Å². The van der Waals surface area contributed by atoms with Gasteiger partial charge >= 0.3 is 5.97 Å². The summed E-state index contributed by atoms with van der Waals surface area (Å²) >= 11 is 0. The Hall–Kier alpha value is -1.43. The second-order valence-electron chi connectivity index (χ2n) is 4.01. The summed E-state index contributed by atoms with van der Waals surface area (Å²) in [4.78, 5) is 11.6. The van der Waals surface area contributed by atoms with Crippen LogP contribution in [0.25, 0.3) is 0 Å². The van der Waals surface area contributed by atoms with Crippen molar-refractivity contribution in [1.82, 2.24) is 5.43 Å². The molecule has 0 atom stereocenters. The standard InChI is InChI=1S/C11H17N3O2/c1-11(2,14-13)10(15)16-9-5-3-8(7-12)4-6-9/h3-6,14H,7,12-13H2,1-2H3. The van der Waals surface area contributed by atoms with Gasteiger partial charge in [-0.2, -0.15) is 0 Å². The number of carbonyl (C=O) groups excluding carboxylic acids is 1. The number of hydrogen-bond donors (Lipinski definition) is 3. The molecule has 0 bridgehead atoms. The largest absolute Gasteiger partial charge is 0.425 e. The van der Waals surface area contributed by atoms with E-state index in [4.69, 9.17) is 16.3 Å². The van der Waals surface area contributed by atoms with E-state index >= 15 is 0 Å². The minimum atomic E-state index is -0.910. The zero-order valence-corrected chi connectivity index (χ0v) is 9.49. The van der Waals surface area contributed by atoms with Crippen molar-refractivity contribution in [3.63, 3.8) is 0 Å². The second-order valence-corrected chi connectivity index (χ2v) is 4.01. The van der Waals surface area contributed by atoms with Gasteiger partial charge in [-0.05, 0) is 31.5 Å². The Bertz CT molecular complexity index is 360. The fraction of sp³-hybridized carbons (Fsp3) is 0.364. The van der Waals surface area contributed by atoms with Gasteiger partial charge in [0.25, 0.3) is 0 Å². The number of esters is 1. The van der Waals surface area contributed by atoms with Gasteiger partial charge in [0.15, 0.2) is 0 Å². The topological polar surface area (TPSA) is 90.4 Å². The van der Waals surface area contributed by atoms with Gasteiger partial charge in [-0.25, -0.2) is 10.2 Å². The first-order chi connectivity index (χ1) is 7.49. The lowest BCUT2D eigenvalue weighted by Gasteiger charge is -2.20. The zero-order valence-electron chi connectivity index (χ0n) is 9.49. The van der Waals surface area contributed by atoms with Crippen LogP contribution in [-0.2, 0) is 11.3 Å². The summed E-state index contributed by atoms with van der Waals surface area (Å²) in [6, 6.07) is 7.02. The molecule has 1 aromatic rings. The van der Waals surface area contributed by atoms with E-state index in [0.717, 1.165) is 5.56 Å². The van der Waals surface area contributed by atoms with Gasteiger partial charge in [-0.15, -0.1) is 0 Å². The molecule has 5 N–H and O–H groups in total. The number of carbonyl (C=O) groups is 1. The van der Waals surface area contributed by atoms with Crippen LogP contribution in [0, 0.1) is 0 Å². The molecule has 1 aromatic carbocycles. The molecule has 0 spiro atoms. The highest BCUT2D eigenvalue weighted by molar-refractivity contribution is 5.81. The fourth-order valence-corrected chi connectivity index (χ4v) is 0.987. The fourth-order valence-electron chi connectivity index (χ4n) is 0.987. The molecule has 0 unspecified atom stereocenters. The van der Waals surface area contributed by atoms with Crippen LogP contribution in [0.4, 0.5) is 0 Å². The number of benzene rings is 1. The first kappa shape index (κ1) is 12.6. The lowest BCUT2D eigenvalue weighted by molar-refractivity contribution is -0.140. The minimum Gasteiger partial charge on any atom is -0.425 e. The molecular formula is C11H17N3O2. The second kappa shape index (κ2) is 5.07. The van der Waals surface area contributed by atoms with Crippen LogP contribution in [-0.4, -0.2) is 11.5 Å². The Morgan fingerprint density at radius 2 is 1.94 bits per heavy atom. The highest BCUT2D eigenvalue weighted by Crippen LogP contribution is 2.14. The van der Waals surface area contributed by atoms with E-state index in [1.165, 1.54) is 0 Å². The van der Waals surface area contributed by atoms with Crippen LogP contribution < -0.4 is 21.7 Å². The maximum Gasteiger partial charge on any atom is 0.332 e. The Labute approximate surface area is 94.7 Å². The van der Waals surface area contributed by atoms with Crippen LogP contribution >= 0.6 is 0 Å². The number of nitrogens with two attached hydrogens (primary N) is 2. The van der Waals surface area contributed by atoms with Crippen LogP contribution in [0.15, 0.2) is 24.3 Å². The molecule has 0 radical (unpaired) electrons. The smallest absolute Gasteiger partial charge is 0.332 e. The summed E-state index contributed by atoms with van der Waals surface area (Å²) in [5, 5.41) is 0. The number of hydrazine groups is 1. The third kappa shape index (κ3) is 3.03. The maximum absolute atomic E-state index is 11.6. The van der Waals surface area contributed by atoms with Crippen molar-refractivity contribution >= 4 is 5.97 Å². The van der Waals surface area contributed by atoms with Crippen molar-refractivity contribution < 1.29 is 9.53 Å². The van der Waals surface area contributed by atoms with E-state index in [2.05, 4.69) is 5.43 Å². The molecule has 0 saturated heterocycles. The van der Waals surface area contributed by atoms with Crippen molar-refractivity contribution in [2.45, 2.75) is 25.9 Å². The van der Waals surface area contributed by atoms with E-state index in [0.29, 0.717) is 12.3 Å². The molecule has 88 valence electrons. The van der Waals surface area contributed by atoms with Gasteiger partial charge < -0.3 is 10.5 Å². The van der Waals surface area contributed by atoms with Crippen molar-refractivity contribution in [2.75, 3.05) is 0 Å². The Balaban J connectivity index is 2.70. The normalized spacial score (nSPS) is 11.2. The van der Waals surface area contributed by atoms with Crippen LogP contribution in [0.3, 0.4) is 0 Å². The minimum absolute atomic E-state index is 0.435. The first-order valence-electron chi connectivity index (χ1n) is 4.98. The van der Waals surface area contributed by atoms with Crippen molar-refractivity contribution in [1.29, 1.82) is 0 Å². The zero-order chi connectivity index (χ0) is 12.2. The molecule has 0 aromatic heterocycles. The summed E-state index contributed by atoms with van der Waals surface area (Å²) in [5.74, 6) is 5.28. The summed E-state index contributed by atoms with van der Waals surface area (Å²) in [5.41, 5.74) is 7.92. The highest BCUT2D eigenvalue weighted by Gasteiger charge is 2.28. The average Bonchev–Trinajstić information content (AvgIpc) is 2.30. The first-order valence-corrected chi connectivity index (χ1v) is 4.98. The summed E-state index contributed by atoms with van der Waals surface area (Å²) in [7, 11) is 0. The van der Waals surface area contributed by atoms with E-state index in [1.807, 2.05) is 12.1 Å². The molecule has 0 aliphatic rings. The van der Waals surface area contributed by atoms with Gasteiger partial charge in [0, 0.05) is 6.54 Å². The number of hydrogen-bond acceptors (Lipinski definition) is 5. The molecule has 0 heterocycles. The SMILES string of the molecule is CC(C)(NN)C(=O)Oc1ccc(CN)cc1. The van der Waals surface area contributed by atoms with Crippen LogP contribution in [0.2, 0.25) is 0 Å². The van der Waals surface area contributed by atoms with Crippen molar-refractivity contribution in [2.24, 2.45) is 11.6 Å². The summed E-state index contributed by atoms with van der Waals surface area (Å²) in [6.45, 7) is 3.75. The third-order valence-electron chi connectivity index (χ3n) is 2.24. The lowest BCUT2D eigenvalue weighted by atomic mass is 10.1. The number of nitrogens with one attached hydrogen (secondary N) is 1. The summed E-state index contributed by atoms with van der Waals surface area (Å²) < 4.78 is 5.15. The Kier molecular flexibility index (Phi) is 4.00. The molecule has 5 nitrogen and oxygen atoms in total. The molecule has 0 aliphatic carbocycles. The number of rotatable bonds is 4. The molecule has 0 aliphatic heterocycles. The van der Waals surface area contributed by atoms with Gasteiger partial charge in [-0.3, -0.25) is 5.84 Å². The monoisotopic (exact) mass is 223 g/mol. The average molecular weight is 223 g/mol. The number of ether oxygens (including phenoxy) is 1. The lowest BCUT2D eigenvalue weighted by Crippen LogP contribution is -2.52. The third-order valence-corrected chi connectivity index (χ3v) is 2.24. The highest BCUT2D eigenvalue weighted by atomic mass is 16.5. The molecule has 16 heavy (non-hydrogen) atoms.